The zero-order valence-corrected chi connectivity index (χ0v) is 13.7. The zero-order chi connectivity index (χ0) is 16.8. The highest BCUT2D eigenvalue weighted by atomic mass is 16.5. The highest BCUT2D eigenvalue weighted by Crippen LogP contribution is 2.20. The second-order valence-electron chi connectivity index (χ2n) is 5.80. The number of hydrogen-bond acceptors (Lipinski definition) is 2. The summed E-state index contributed by atoms with van der Waals surface area (Å²) < 4.78 is 5.58. The first-order valence-corrected chi connectivity index (χ1v) is 8.13. The lowest BCUT2D eigenvalue weighted by atomic mass is 10.00. The Balaban J connectivity index is 1.76. The van der Waals surface area contributed by atoms with E-state index in [0.29, 0.717) is 11.3 Å². The maximum Gasteiger partial charge on any atom is 0.343 e. The number of ether oxygens (including phenoxy) is 1. The Labute approximate surface area is 142 Å². The van der Waals surface area contributed by atoms with Gasteiger partial charge in [0.15, 0.2) is 0 Å². The summed E-state index contributed by atoms with van der Waals surface area (Å²) in [7, 11) is 0. The van der Waals surface area contributed by atoms with E-state index in [1.54, 1.807) is 0 Å². The smallest absolute Gasteiger partial charge is 0.343 e. The molecule has 3 rings (SSSR count). The number of rotatable bonds is 5. The molecule has 0 fully saturated rings. The van der Waals surface area contributed by atoms with Gasteiger partial charge in [0.1, 0.15) is 5.75 Å². The summed E-state index contributed by atoms with van der Waals surface area (Å²) in [6.45, 7) is 1.93. The first-order chi connectivity index (χ1) is 11.7. The van der Waals surface area contributed by atoms with Crippen LogP contribution in [-0.2, 0) is 12.8 Å². The Bertz CT molecular complexity index is 822. The van der Waals surface area contributed by atoms with Gasteiger partial charge in [-0.1, -0.05) is 66.7 Å². The third-order valence-electron chi connectivity index (χ3n) is 4.06. The molecule has 0 saturated carbocycles. The van der Waals surface area contributed by atoms with Gasteiger partial charge in [0.2, 0.25) is 0 Å². The van der Waals surface area contributed by atoms with Gasteiger partial charge in [-0.25, -0.2) is 4.79 Å². The van der Waals surface area contributed by atoms with E-state index >= 15 is 0 Å². The van der Waals surface area contributed by atoms with Crippen LogP contribution in [0.1, 0.15) is 27.0 Å². The first kappa shape index (κ1) is 16.0. The summed E-state index contributed by atoms with van der Waals surface area (Å²) >= 11 is 0. The van der Waals surface area contributed by atoms with Crippen molar-refractivity contribution in [1.29, 1.82) is 0 Å². The lowest BCUT2D eigenvalue weighted by molar-refractivity contribution is 0.0732. The van der Waals surface area contributed by atoms with Crippen LogP contribution in [0.2, 0.25) is 0 Å². The monoisotopic (exact) mass is 316 g/mol. The summed E-state index contributed by atoms with van der Waals surface area (Å²) in [5, 5.41) is 0. The van der Waals surface area contributed by atoms with E-state index in [2.05, 4.69) is 12.1 Å². The number of para-hydroxylation sites is 1. The second kappa shape index (κ2) is 7.60. The molecule has 120 valence electrons. The molecule has 0 atom stereocenters. The molecule has 24 heavy (non-hydrogen) atoms. The predicted octanol–water partition coefficient (Wildman–Crippen LogP) is 5.00. The predicted molar refractivity (Wildman–Crippen MR) is 96.4 cm³/mol. The third kappa shape index (κ3) is 3.90. The molecule has 0 aliphatic carbocycles. The van der Waals surface area contributed by atoms with E-state index in [9.17, 15) is 4.79 Å². The van der Waals surface area contributed by atoms with Gasteiger partial charge in [-0.15, -0.1) is 0 Å². The third-order valence-corrected chi connectivity index (χ3v) is 4.06. The molecule has 0 amide bonds. The van der Waals surface area contributed by atoms with Gasteiger partial charge >= 0.3 is 5.97 Å². The number of aryl methyl sites for hydroxylation is 3. The fraction of sp³-hybridized carbons (Fsp3) is 0.136. The molecule has 0 heterocycles. The molecule has 3 aromatic carbocycles. The summed E-state index contributed by atoms with van der Waals surface area (Å²) in [4.78, 5) is 12.6. The zero-order valence-electron chi connectivity index (χ0n) is 13.7. The molecule has 0 aliphatic heterocycles. The van der Waals surface area contributed by atoms with Crippen LogP contribution in [0.4, 0.5) is 0 Å². The van der Waals surface area contributed by atoms with Crippen molar-refractivity contribution < 1.29 is 9.53 Å². The second-order valence-corrected chi connectivity index (χ2v) is 5.80. The Hall–Kier alpha value is -2.87. The Morgan fingerprint density at radius 1 is 0.792 bits per heavy atom. The normalized spacial score (nSPS) is 10.4. The van der Waals surface area contributed by atoms with Crippen molar-refractivity contribution in [3.05, 3.63) is 101 Å². The fourth-order valence-electron chi connectivity index (χ4n) is 2.69. The van der Waals surface area contributed by atoms with Crippen molar-refractivity contribution in [2.24, 2.45) is 0 Å². The minimum absolute atomic E-state index is 0.298. The van der Waals surface area contributed by atoms with E-state index in [1.165, 1.54) is 5.56 Å². The lowest BCUT2D eigenvalue weighted by Gasteiger charge is -2.11. The maximum atomic E-state index is 12.6. The number of carbonyl (C=O) groups excluding carboxylic acids is 1. The average molecular weight is 316 g/mol. The van der Waals surface area contributed by atoms with Crippen molar-refractivity contribution >= 4 is 5.97 Å². The lowest BCUT2D eigenvalue weighted by Crippen LogP contribution is -2.12. The molecule has 0 aromatic heterocycles. The van der Waals surface area contributed by atoms with Crippen LogP contribution in [0.15, 0.2) is 78.9 Å². The Morgan fingerprint density at radius 3 is 2.25 bits per heavy atom. The van der Waals surface area contributed by atoms with Crippen molar-refractivity contribution in [2.75, 3.05) is 0 Å². The highest BCUT2D eigenvalue weighted by Gasteiger charge is 2.14. The van der Waals surface area contributed by atoms with Gasteiger partial charge < -0.3 is 4.74 Å². The van der Waals surface area contributed by atoms with Gasteiger partial charge in [0, 0.05) is 0 Å². The van der Waals surface area contributed by atoms with Crippen LogP contribution < -0.4 is 4.74 Å². The van der Waals surface area contributed by atoms with E-state index < -0.39 is 0 Å². The molecule has 0 saturated heterocycles. The molecule has 2 nitrogen and oxygen atoms in total. The quantitative estimate of drug-likeness (QED) is 0.489. The molecule has 0 bridgehead atoms. The van der Waals surface area contributed by atoms with Crippen LogP contribution in [-0.4, -0.2) is 5.97 Å². The Morgan fingerprint density at radius 2 is 1.46 bits per heavy atom. The van der Waals surface area contributed by atoms with Crippen LogP contribution >= 0.6 is 0 Å². The van der Waals surface area contributed by atoms with E-state index in [-0.39, 0.29) is 5.97 Å². The van der Waals surface area contributed by atoms with Crippen LogP contribution in [0.5, 0.6) is 5.75 Å². The topological polar surface area (TPSA) is 26.3 Å². The number of carbonyl (C=O) groups is 1. The van der Waals surface area contributed by atoms with Crippen LogP contribution in [0, 0.1) is 6.92 Å². The van der Waals surface area contributed by atoms with Gasteiger partial charge in [0.05, 0.1) is 5.56 Å². The maximum absolute atomic E-state index is 12.6. The number of benzene rings is 3. The van der Waals surface area contributed by atoms with Gasteiger partial charge in [0.25, 0.3) is 0 Å². The van der Waals surface area contributed by atoms with Crippen molar-refractivity contribution in [1.82, 2.24) is 0 Å². The molecule has 0 spiro atoms. The van der Waals surface area contributed by atoms with Crippen molar-refractivity contribution in [2.45, 2.75) is 19.8 Å². The minimum atomic E-state index is -0.298. The van der Waals surface area contributed by atoms with Crippen molar-refractivity contribution in [3.63, 3.8) is 0 Å². The van der Waals surface area contributed by atoms with E-state index in [1.807, 2.05) is 73.7 Å². The van der Waals surface area contributed by atoms with Gasteiger partial charge in [-0.05, 0) is 48.6 Å². The molecule has 3 aromatic rings. The molecular formula is C22H20O2. The molecule has 0 aliphatic rings. The van der Waals surface area contributed by atoms with Gasteiger partial charge in [-0.3, -0.25) is 0 Å². The number of esters is 1. The average Bonchev–Trinajstić information content (AvgIpc) is 2.63. The molecular weight excluding hydrogens is 296 g/mol. The van der Waals surface area contributed by atoms with E-state index in [4.69, 9.17) is 4.74 Å². The van der Waals surface area contributed by atoms with Gasteiger partial charge in [-0.2, -0.15) is 0 Å². The standard InChI is InChI=1S/C22H20O2/c1-17-9-5-8-14-21(17)24-22(23)20-13-7-6-12-19(20)16-15-18-10-3-2-4-11-18/h2-14H,15-16H2,1H3. The fourth-order valence-corrected chi connectivity index (χ4v) is 2.69. The Kier molecular flexibility index (Phi) is 5.07. The molecule has 0 unspecified atom stereocenters. The molecule has 0 N–H and O–H groups in total. The molecule has 2 heteroatoms. The summed E-state index contributed by atoms with van der Waals surface area (Å²) in [6.07, 6.45) is 1.71. The van der Waals surface area contributed by atoms with Crippen LogP contribution in [0.25, 0.3) is 0 Å². The SMILES string of the molecule is Cc1ccccc1OC(=O)c1ccccc1CCc1ccccc1. The minimum Gasteiger partial charge on any atom is -0.423 e. The summed E-state index contributed by atoms with van der Waals surface area (Å²) in [5.74, 6) is 0.313. The summed E-state index contributed by atoms with van der Waals surface area (Å²) in [6, 6.07) is 25.5. The first-order valence-electron chi connectivity index (χ1n) is 8.13. The molecule has 0 radical (unpaired) electrons. The highest BCUT2D eigenvalue weighted by molar-refractivity contribution is 5.92. The largest absolute Gasteiger partial charge is 0.423 e. The number of hydrogen-bond donors (Lipinski definition) is 0. The summed E-state index contributed by atoms with van der Waals surface area (Å²) in [5.41, 5.74) is 3.86. The van der Waals surface area contributed by atoms with Crippen LogP contribution in [0.3, 0.4) is 0 Å². The van der Waals surface area contributed by atoms with E-state index in [0.717, 1.165) is 24.0 Å². The van der Waals surface area contributed by atoms with Crippen molar-refractivity contribution in [3.8, 4) is 5.75 Å².